The molecular formula is C51H92N4O21. The number of hydrogen-bond donors (Lipinski definition) is 13. The summed E-state index contributed by atoms with van der Waals surface area (Å²) in [5.74, 6) is -3.71. The molecule has 3 saturated heterocycles. The van der Waals surface area contributed by atoms with E-state index >= 15 is 0 Å². The Morgan fingerprint density at radius 3 is 1.32 bits per heavy atom. The largest absolute Gasteiger partial charge is 0.394 e. The van der Waals surface area contributed by atoms with Crippen molar-refractivity contribution < 1.29 is 103 Å². The van der Waals surface area contributed by atoms with Gasteiger partial charge < -0.3 is 100 Å². The number of ether oxygens (including phenoxy) is 7. The summed E-state index contributed by atoms with van der Waals surface area (Å²) in [6.45, 7) is 8.55. The molecule has 7 unspecified atom stereocenters. The van der Waals surface area contributed by atoms with Gasteiger partial charge in [-0.1, -0.05) is 20.8 Å². The molecule has 4 amide bonds. The summed E-state index contributed by atoms with van der Waals surface area (Å²) >= 11 is 0. The molecule has 0 aromatic rings. The highest BCUT2D eigenvalue weighted by molar-refractivity contribution is 5.83. The van der Waals surface area contributed by atoms with Gasteiger partial charge in [0.1, 0.15) is 42.4 Å². The quantitative estimate of drug-likeness (QED) is 0.0297. The van der Waals surface area contributed by atoms with Crippen LogP contribution < -0.4 is 21.3 Å². The fourth-order valence-electron chi connectivity index (χ4n) is 9.12. The standard InChI is InChI=1S/C51H92N4O21/c1-30(2)70-23-9-19-52-38(60)13-8-14-40(62)55-51(26-41(63)54-21-11-25-73-50-33(5)44(66)47(69)37(29-58)76-50,17-15-34(59)12-6-7-22-71-48-31(3)42(64)45(67)35(27-56)74-48)18-16-39(61)53-20-10-24-72-49-32(4)43(65)46(68)36(28-57)75-49/h30-33,35-37,42-50,56-58,64-69H,6-29H2,1-5H3,(H,52,60)(H,53,61)(H,54,63)(H,55,62)/t31-,32-,33-,35?,36?,37?,42?,43?,44?,45-,46-,47-,48+,49+,50+,51?/m0/s1. The lowest BCUT2D eigenvalue weighted by Gasteiger charge is -2.40. The minimum Gasteiger partial charge on any atom is -0.394 e. The number of aliphatic hydroxyl groups excluding tert-OH is 9. The van der Waals surface area contributed by atoms with Crippen LogP contribution in [-0.4, -0.2) is 227 Å². The Morgan fingerprint density at radius 1 is 0.474 bits per heavy atom. The lowest BCUT2D eigenvalue weighted by molar-refractivity contribution is -0.282. The molecule has 0 bridgehead atoms. The van der Waals surface area contributed by atoms with E-state index in [9.17, 15) is 69.9 Å². The van der Waals surface area contributed by atoms with Crippen LogP contribution in [0.5, 0.6) is 0 Å². The van der Waals surface area contributed by atoms with Crippen molar-refractivity contribution in [1.82, 2.24) is 21.3 Å². The Kier molecular flexibility index (Phi) is 31.4. The number of hydrogen-bond acceptors (Lipinski definition) is 21. The van der Waals surface area contributed by atoms with E-state index in [1.165, 1.54) is 0 Å². The number of rotatable bonds is 37. The third kappa shape index (κ3) is 22.9. The lowest BCUT2D eigenvalue weighted by Crippen LogP contribution is -2.55. The van der Waals surface area contributed by atoms with Crippen molar-refractivity contribution in [2.75, 3.05) is 65.9 Å². The molecule has 76 heavy (non-hydrogen) atoms. The summed E-state index contributed by atoms with van der Waals surface area (Å²) in [7, 11) is 0. The second-order valence-electron chi connectivity index (χ2n) is 20.7. The van der Waals surface area contributed by atoms with Crippen LogP contribution in [0.25, 0.3) is 0 Å². The van der Waals surface area contributed by atoms with Crippen LogP contribution in [0.4, 0.5) is 0 Å². The molecule has 3 heterocycles. The van der Waals surface area contributed by atoms with Gasteiger partial charge in [0, 0.05) is 94.7 Å². The zero-order valence-corrected chi connectivity index (χ0v) is 45.1. The molecule has 16 atom stereocenters. The zero-order valence-electron chi connectivity index (χ0n) is 45.1. The monoisotopic (exact) mass is 1100 g/mol. The zero-order chi connectivity index (χ0) is 56.4. The van der Waals surface area contributed by atoms with E-state index in [1.807, 2.05) is 13.8 Å². The van der Waals surface area contributed by atoms with Crippen LogP contribution in [0.3, 0.4) is 0 Å². The first-order valence-electron chi connectivity index (χ1n) is 27.1. The highest BCUT2D eigenvalue weighted by atomic mass is 16.7. The molecule has 3 aliphatic heterocycles. The summed E-state index contributed by atoms with van der Waals surface area (Å²) in [5, 5.41) is 102. The maximum absolute atomic E-state index is 13.8. The molecule has 13 N–H and O–H groups in total. The molecule has 25 heteroatoms. The van der Waals surface area contributed by atoms with Crippen LogP contribution in [0, 0.1) is 17.8 Å². The Hall–Kier alpha value is -3.09. The number of unbranched alkanes of at least 4 members (excludes halogenated alkanes) is 1. The molecule has 0 aliphatic carbocycles. The van der Waals surface area contributed by atoms with E-state index < -0.39 is 135 Å². The first-order chi connectivity index (χ1) is 36.2. The first kappa shape index (κ1) is 67.2. The van der Waals surface area contributed by atoms with Crippen LogP contribution in [0.1, 0.15) is 125 Å². The SMILES string of the molecule is CC(C)OCCCNC(=O)CCCC(=O)NC(CCC(=O)CCCCO[C@@H]1OC(CO)[C@H](O)C(O)[C@@H]1C)(CCC(=O)NCCCO[C@@H]1OC(CO)[C@H](O)C(O)[C@@H]1C)CC(=O)NCCCO[C@@H]1OC(CO)[C@H](O)C(O)[C@@H]1C. The highest BCUT2D eigenvalue weighted by Crippen LogP contribution is 2.30. The summed E-state index contributed by atoms with van der Waals surface area (Å²) in [4.78, 5) is 67.2. The van der Waals surface area contributed by atoms with Crippen LogP contribution >= 0.6 is 0 Å². The molecule has 0 radical (unpaired) electrons. The molecule has 3 rings (SSSR count). The number of Topliss-reactive ketones (excluding diaryl/α,β-unsaturated/α-hetero) is 1. The van der Waals surface area contributed by atoms with E-state index in [1.54, 1.807) is 20.8 Å². The van der Waals surface area contributed by atoms with Crippen LogP contribution in [0.15, 0.2) is 0 Å². The molecular weight excluding hydrogens is 1000 g/mol. The molecule has 3 fully saturated rings. The Bertz CT molecular complexity index is 1630. The number of nitrogens with one attached hydrogen (secondary N) is 4. The lowest BCUT2D eigenvalue weighted by atomic mass is 9.83. The molecule has 3 aliphatic rings. The van der Waals surface area contributed by atoms with E-state index in [-0.39, 0.29) is 115 Å². The second-order valence-corrected chi connectivity index (χ2v) is 20.7. The Balaban J connectivity index is 1.69. The van der Waals surface area contributed by atoms with Crippen molar-refractivity contribution >= 4 is 29.4 Å². The van der Waals surface area contributed by atoms with E-state index in [2.05, 4.69) is 21.3 Å². The van der Waals surface area contributed by atoms with E-state index in [4.69, 9.17) is 33.2 Å². The van der Waals surface area contributed by atoms with Crippen LogP contribution in [-0.2, 0) is 57.1 Å². The molecule has 0 saturated carbocycles. The van der Waals surface area contributed by atoms with Gasteiger partial charge in [-0.25, -0.2) is 0 Å². The molecule has 0 spiro atoms. The minimum absolute atomic E-state index is 0.0348. The number of carbonyl (C=O) groups excluding carboxylic acids is 5. The topological polar surface area (TPSA) is 380 Å². The summed E-state index contributed by atoms with van der Waals surface area (Å²) in [6, 6.07) is 0. The Labute approximate surface area is 446 Å². The van der Waals surface area contributed by atoms with E-state index in [0.717, 1.165) is 0 Å². The van der Waals surface area contributed by atoms with Gasteiger partial charge in [-0.2, -0.15) is 0 Å². The van der Waals surface area contributed by atoms with Gasteiger partial charge in [-0.3, -0.25) is 24.0 Å². The normalized spacial score (nSPS) is 30.6. The van der Waals surface area contributed by atoms with Crippen molar-refractivity contribution in [2.24, 2.45) is 17.8 Å². The minimum atomic E-state index is -1.43. The van der Waals surface area contributed by atoms with Gasteiger partial charge in [0.15, 0.2) is 18.9 Å². The summed E-state index contributed by atoms with van der Waals surface area (Å²) in [6.07, 6.45) is -11.7. The van der Waals surface area contributed by atoms with Crippen molar-refractivity contribution in [2.45, 2.75) is 210 Å². The third-order valence-corrected chi connectivity index (χ3v) is 14.1. The van der Waals surface area contributed by atoms with E-state index in [0.29, 0.717) is 38.8 Å². The van der Waals surface area contributed by atoms with Crippen molar-refractivity contribution in [1.29, 1.82) is 0 Å². The third-order valence-electron chi connectivity index (χ3n) is 14.1. The second kappa shape index (κ2) is 35.5. The predicted molar refractivity (Wildman–Crippen MR) is 269 cm³/mol. The highest BCUT2D eigenvalue weighted by Gasteiger charge is 2.45. The number of aliphatic hydroxyl groups is 9. The van der Waals surface area contributed by atoms with Crippen molar-refractivity contribution in [3.8, 4) is 0 Å². The maximum Gasteiger partial charge on any atom is 0.222 e. The first-order valence-corrected chi connectivity index (χ1v) is 27.1. The predicted octanol–water partition coefficient (Wildman–Crippen LogP) is -2.08. The average molecular weight is 1100 g/mol. The fourth-order valence-corrected chi connectivity index (χ4v) is 9.12. The molecule has 25 nitrogen and oxygen atoms in total. The van der Waals surface area contributed by atoms with Gasteiger partial charge in [0.2, 0.25) is 23.6 Å². The molecule has 0 aromatic carbocycles. The number of ketones is 1. The molecule has 442 valence electrons. The Morgan fingerprint density at radius 2 is 0.868 bits per heavy atom. The molecule has 0 aromatic heterocycles. The van der Waals surface area contributed by atoms with Crippen molar-refractivity contribution in [3.63, 3.8) is 0 Å². The van der Waals surface area contributed by atoms with Gasteiger partial charge in [-0.05, 0) is 65.2 Å². The number of carbonyl (C=O) groups is 5. The van der Waals surface area contributed by atoms with Gasteiger partial charge >= 0.3 is 0 Å². The maximum atomic E-state index is 13.8. The van der Waals surface area contributed by atoms with Crippen LogP contribution in [0.2, 0.25) is 0 Å². The van der Waals surface area contributed by atoms with Gasteiger partial charge in [0.25, 0.3) is 0 Å². The van der Waals surface area contributed by atoms with Crippen molar-refractivity contribution in [3.05, 3.63) is 0 Å². The van der Waals surface area contributed by atoms with Gasteiger partial charge in [0.05, 0.1) is 57.5 Å². The average Bonchev–Trinajstić information content (AvgIpc) is 3.38. The summed E-state index contributed by atoms with van der Waals surface area (Å²) in [5.41, 5.74) is -1.43. The fraction of sp³-hybridized carbons (Fsp3) is 0.902. The van der Waals surface area contributed by atoms with Gasteiger partial charge in [-0.15, -0.1) is 0 Å². The summed E-state index contributed by atoms with van der Waals surface area (Å²) < 4.78 is 39.7. The smallest absolute Gasteiger partial charge is 0.222 e. The number of amides is 4.